The molecule has 0 unspecified atom stereocenters. The molecule has 0 rings (SSSR count). The molecular formula is C32H58O4. The maximum Gasteiger partial charge on any atom is 0.333 e. The molecule has 36 heavy (non-hydrogen) atoms. The number of hydrogen-bond acceptors (Lipinski definition) is 3. The molecule has 4 nitrogen and oxygen atoms in total. The molecule has 1 N–H and O–H groups in total. The van der Waals surface area contributed by atoms with Gasteiger partial charge in [0.05, 0.1) is 6.61 Å². The summed E-state index contributed by atoms with van der Waals surface area (Å²) < 4.78 is 5.53. The second kappa shape index (κ2) is 25.1. The molecule has 0 aliphatic carbocycles. The Hall–Kier alpha value is -1.58. The lowest BCUT2D eigenvalue weighted by Gasteiger charge is -2.11. The van der Waals surface area contributed by atoms with E-state index in [2.05, 4.69) is 13.8 Å². The summed E-state index contributed by atoms with van der Waals surface area (Å²) in [6, 6.07) is 0. The standard InChI is InChI=1S/C32H58O4/c1-5-7-9-11-13-15-17-19-21-23-25-30(27-28(3)31(33)34)29(4)32(35)36-26-24-22-20-18-16-14-12-10-8-6-2/h27H,5-26H2,1-4H3,(H,33,34). The van der Waals surface area contributed by atoms with Gasteiger partial charge in [-0.3, -0.25) is 0 Å². The van der Waals surface area contributed by atoms with Gasteiger partial charge in [0.2, 0.25) is 0 Å². The van der Waals surface area contributed by atoms with E-state index in [-0.39, 0.29) is 11.5 Å². The van der Waals surface area contributed by atoms with Crippen molar-refractivity contribution in [3.8, 4) is 0 Å². The Morgan fingerprint density at radius 3 is 1.42 bits per heavy atom. The Bertz CT molecular complexity index is 618. The molecule has 0 aliphatic rings. The van der Waals surface area contributed by atoms with Crippen molar-refractivity contribution in [1.29, 1.82) is 0 Å². The first-order valence-corrected chi connectivity index (χ1v) is 15.2. The van der Waals surface area contributed by atoms with Crippen LogP contribution in [-0.4, -0.2) is 23.7 Å². The Morgan fingerprint density at radius 2 is 1.00 bits per heavy atom. The molecule has 0 saturated carbocycles. The predicted molar refractivity (Wildman–Crippen MR) is 153 cm³/mol. The van der Waals surface area contributed by atoms with Crippen LogP contribution < -0.4 is 0 Å². The zero-order chi connectivity index (χ0) is 26.9. The van der Waals surface area contributed by atoms with Gasteiger partial charge in [-0.25, -0.2) is 9.59 Å². The number of aliphatic carboxylic acids is 1. The van der Waals surface area contributed by atoms with E-state index in [0.717, 1.165) is 37.7 Å². The Kier molecular flexibility index (Phi) is 24.0. The Morgan fingerprint density at radius 1 is 0.611 bits per heavy atom. The van der Waals surface area contributed by atoms with Gasteiger partial charge in [-0.1, -0.05) is 129 Å². The summed E-state index contributed by atoms with van der Waals surface area (Å²) in [5.41, 5.74) is 1.63. The number of carbonyl (C=O) groups excluding carboxylic acids is 1. The highest BCUT2D eigenvalue weighted by Gasteiger charge is 2.13. The summed E-state index contributed by atoms with van der Waals surface area (Å²) in [4.78, 5) is 24.0. The first kappa shape index (κ1) is 34.4. The van der Waals surface area contributed by atoms with Gasteiger partial charge in [0.15, 0.2) is 0 Å². The minimum absolute atomic E-state index is 0.263. The molecule has 0 aromatic heterocycles. The van der Waals surface area contributed by atoms with Crippen LogP contribution >= 0.6 is 0 Å². The number of allylic oxidation sites excluding steroid dienone is 2. The topological polar surface area (TPSA) is 63.6 Å². The van der Waals surface area contributed by atoms with Crippen LogP contribution in [0.25, 0.3) is 0 Å². The molecule has 0 aromatic rings. The monoisotopic (exact) mass is 506 g/mol. The number of ether oxygens (including phenoxy) is 1. The summed E-state index contributed by atoms with van der Waals surface area (Å²) >= 11 is 0. The van der Waals surface area contributed by atoms with Crippen molar-refractivity contribution in [2.24, 2.45) is 0 Å². The van der Waals surface area contributed by atoms with Gasteiger partial charge in [0.25, 0.3) is 0 Å². The molecular weight excluding hydrogens is 448 g/mol. The van der Waals surface area contributed by atoms with Gasteiger partial charge in [0, 0.05) is 11.1 Å². The minimum atomic E-state index is -0.942. The maximum atomic E-state index is 12.6. The lowest BCUT2D eigenvalue weighted by atomic mass is 9.99. The van der Waals surface area contributed by atoms with E-state index in [9.17, 15) is 14.7 Å². The van der Waals surface area contributed by atoms with Crippen LogP contribution in [0.1, 0.15) is 163 Å². The molecule has 210 valence electrons. The summed E-state index contributed by atoms with van der Waals surface area (Å²) in [5, 5.41) is 9.31. The van der Waals surface area contributed by atoms with Crippen LogP contribution in [0.3, 0.4) is 0 Å². The maximum absolute atomic E-state index is 12.6. The molecule has 0 aromatic carbocycles. The number of carbonyl (C=O) groups is 2. The number of rotatable bonds is 25. The van der Waals surface area contributed by atoms with Crippen molar-refractivity contribution >= 4 is 11.9 Å². The van der Waals surface area contributed by atoms with Crippen molar-refractivity contribution in [1.82, 2.24) is 0 Å². The zero-order valence-corrected chi connectivity index (χ0v) is 24.3. The molecule has 0 atom stereocenters. The van der Waals surface area contributed by atoms with Gasteiger partial charge >= 0.3 is 11.9 Å². The quantitative estimate of drug-likeness (QED) is 0.0579. The fourth-order valence-corrected chi connectivity index (χ4v) is 4.49. The molecule has 0 bridgehead atoms. The van der Waals surface area contributed by atoms with E-state index < -0.39 is 5.97 Å². The minimum Gasteiger partial charge on any atom is -0.478 e. The van der Waals surface area contributed by atoms with E-state index in [4.69, 9.17) is 4.74 Å². The van der Waals surface area contributed by atoms with Crippen molar-refractivity contribution in [2.45, 2.75) is 163 Å². The van der Waals surface area contributed by atoms with Crippen molar-refractivity contribution in [3.05, 3.63) is 22.8 Å². The number of carboxylic acid groups (broad SMARTS) is 1. The third-order valence-electron chi connectivity index (χ3n) is 7.05. The lowest BCUT2D eigenvalue weighted by molar-refractivity contribution is -0.139. The number of unbranched alkanes of at least 4 members (excludes halogenated alkanes) is 18. The van der Waals surface area contributed by atoms with E-state index >= 15 is 0 Å². The predicted octanol–water partition coefficient (Wildman–Crippen LogP) is 10.1. The van der Waals surface area contributed by atoms with Crippen LogP contribution in [0.15, 0.2) is 22.8 Å². The third kappa shape index (κ3) is 20.6. The molecule has 0 saturated heterocycles. The summed E-state index contributed by atoms with van der Waals surface area (Å²) in [6.45, 7) is 8.30. The fraction of sp³-hybridized carbons (Fsp3) is 0.812. The average molecular weight is 507 g/mol. The number of hydrogen-bond donors (Lipinski definition) is 1. The SMILES string of the molecule is CCCCCCCCCCCCOC(=O)C(C)=C(C=C(C)C(=O)O)CCCCCCCCCCCC. The molecule has 0 heterocycles. The Balaban J connectivity index is 4.32. The molecule has 0 aliphatic heterocycles. The van der Waals surface area contributed by atoms with Crippen LogP contribution in [0.4, 0.5) is 0 Å². The van der Waals surface area contributed by atoms with Gasteiger partial charge in [-0.2, -0.15) is 0 Å². The second-order valence-corrected chi connectivity index (χ2v) is 10.5. The van der Waals surface area contributed by atoms with Crippen LogP contribution in [0.2, 0.25) is 0 Å². The molecule has 4 heteroatoms. The summed E-state index contributed by atoms with van der Waals surface area (Å²) in [6.07, 6.45) is 27.4. The third-order valence-corrected chi connectivity index (χ3v) is 7.05. The van der Waals surface area contributed by atoms with Gasteiger partial charge in [-0.15, -0.1) is 0 Å². The van der Waals surface area contributed by atoms with E-state index in [1.807, 2.05) is 0 Å². The molecule has 0 fully saturated rings. The highest BCUT2D eigenvalue weighted by Crippen LogP contribution is 2.20. The normalized spacial score (nSPS) is 12.5. The van der Waals surface area contributed by atoms with Gasteiger partial charge in [0.1, 0.15) is 0 Å². The molecule has 0 spiro atoms. The van der Waals surface area contributed by atoms with E-state index in [1.54, 1.807) is 19.9 Å². The van der Waals surface area contributed by atoms with Gasteiger partial charge < -0.3 is 9.84 Å². The smallest absolute Gasteiger partial charge is 0.333 e. The first-order valence-electron chi connectivity index (χ1n) is 15.2. The summed E-state index contributed by atoms with van der Waals surface area (Å²) in [5.74, 6) is -1.25. The summed E-state index contributed by atoms with van der Waals surface area (Å²) in [7, 11) is 0. The van der Waals surface area contributed by atoms with Crippen molar-refractivity contribution < 1.29 is 19.4 Å². The van der Waals surface area contributed by atoms with E-state index in [1.165, 1.54) is 103 Å². The Labute approximate surface area is 223 Å². The highest BCUT2D eigenvalue weighted by molar-refractivity contribution is 5.91. The second-order valence-electron chi connectivity index (χ2n) is 10.5. The fourth-order valence-electron chi connectivity index (χ4n) is 4.49. The molecule has 0 amide bonds. The number of carboxylic acids is 1. The van der Waals surface area contributed by atoms with Crippen molar-refractivity contribution in [3.63, 3.8) is 0 Å². The highest BCUT2D eigenvalue weighted by atomic mass is 16.5. The average Bonchev–Trinajstić information content (AvgIpc) is 2.86. The largest absolute Gasteiger partial charge is 0.478 e. The first-order chi connectivity index (χ1) is 17.4. The zero-order valence-electron chi connectivity index (χ0n) is 24.3. The lowest BCUT2D eigenvalue weighted by Crippen LogP contribution is -2.10. The van der Waals surface area contributed by atoms with Crippen LogP contribution in [0.5, 0.6) is 0 Å². The van der Waals surface area contributed by atoms with Crippen LogP contribution in [0, 0.1) is 0 Å². The van der Waals surface area contributed by atoms with Crippen LogP contribution in [-0.2, 0) is 14.3 Å². The number of esters is 1. The van der Waals surface area contributed by atoms with E-state index in [0.29, 0.717) is 12.2 Å². The molecule has 0 radical (unpaired) electrons. The van der Waals surface area contributed by atoms with Gasteiger partial charge in [-0.05, 0) is 44.8 Å². The van der Waals surface area contributed by atoms with Crippen molar-refractivity contribution in [2.75, 3.05) is 6.61 Å².